The topological polar surface area (TPSA) is 51.8 Å². The van der Waals surface area contributed by atoms with E-state index < -0.39 is 0 Å². The van der Waals surface area contributed by atoms with E-state index in [0.29, 0.717) is 5.82 Å². The average molecular weight is 312 g/mol. The standard InChI is InChI=1S/C18H17N3.ClH/c1-2-17-16(9-10-18(19)21-17)15-8-4-3-7-14(15)13-6-5-11-20-12-13;/h3-12H,2H2,1H3,(H2,19,21);1H. The Morgan fingerprint density at radius 3 is 2.36 bits per heavy atom. The van der Waals surface area contributed by atoms with E-state index >= 15 is 0 Å². The molecule has 0 atom stereocenters. The average Bonchev–Trinajstić information content (AvgIpc) is 2.55. The Morgan fingerprint density at radius 2 is 1.68 bits per heavy atom. The Kier molecular flexibility index (Phi) is 5.12. The predicted molar refractivity (Wildman–Crippen MR) is 93.9 cm³/mol. The number of aromatic nitrogens is 2. The summed E-state index contributed by atoms with van der Waals surface area (Å²) in [6.45, 7) is 2.10. The third-order valence-electron chi connectivity index (χ3n) is 3.52. The molecule has 0 aliphatic heterocycles. The van der Waals surface area contributed by atoms with E-state index in [0.717, 1.165) is 34.4 Å². The molecule has 22 heavy (non-hydrogen) atoms. The third kappa shape index (κ3) is 3.10. The maximum absolute atomic E-state index is 5.81. The molecule has 3 rings (SSSR count). The molecular weight excluding hydrogens is 294 g/mol. The van der Waals surface area contributed by atoms with E-state index in [9.17, 15) is 0 Å². The summed E-state index contributed by atoms with van der Waals surface area (Å²) >= 11 is 0. The molecule has 0 aliphatic carbocycles. The molecule has 4 heteroatoms. The molecule has 0 amide bonds. The van der Waals surface area contributed by atoms with E-state index in [1.54, 1.807) is 6.20 Å². The van der Waals surface area contributed by atoms with E-state index in [2.05, 4.69) is 41.2 Å². The van der Waals surface area contributed by atoms with Crippen molar-refractivity contribution in [1.82, 2.24) is 9.97 Å². The Hall–Kier alpha value is -2.39. The molecule has 0 saturated carbocycles. The van der Waals surface area contributed by atoms with Gasteiger partial charge in [0.15, 0.2) is 0 Å². The van der Waals surface area contributed by atoms with Gasteiger partial charge in [0.1, 0.15) is 5.82 Å². The molecule has 1 aromatic carbocycles. The van der Waals surface area contributed by atoms with Crippen LogP contribution >= 0.6 is 12.4 Å². The summed E-state index contributed by atoms with van der Waals surface area (Å²) in [5.41, 5.74) is 11.4. The van der Waals surface area contributed by atoms with Crippen molar-refractivity contribution in [2.75, 3.05) is 5.73 Å². The molecule has 3 aromatic rings. The van der Waals surface area contributed by atoms with Crippen LogP contribution < -0.4 is 5.73 Å². The Labute approximate surface area is 136 Å². The van der Waals surface area contributed by atoms with Crippen LogP contribution in [-0.4, -0.2) is 9.97 Å². The van der Waals surface area contributed by atoms with Crippen LogP contribution in [0, 0.1) is 0 Å². The van der Waals surface area contributed by atoms with Crippen molar-refractivity contribution in [2.24, 2.45) is 0 Å². The number of nitrogens with two attached hydrogens (primary N) is 1. The maximum atomic E-state index is 5.81. The number of anilines is 1. The number of aryl methyl sites for hydroxylation is 1. The summed E-state index contributed by atoms with van der Waals surface area (Å²) in [4.78, 5) is 8.68. The predicted octanol–water partition coefficient (Wildman–Crippen LogP) is 4.38. The number of rotatable bonds is 3. The smallest absolute Gasteiger partial charge is 0.123 e. The van der Waals surface area contributed by atoms with Crippen LogP contribution in [0.25, 0.3) is 22.3 Å². The summed E-state index contributed by atoms with van der Waals surface area (Å²) in [7, 11) is 0. The minimum absolute atomic E-state index is 0. The van der Waals surface area contributed by atoms with Crippen LogP contribution in [0.2, 0.25) is 0 Å². The van der Waals surface area contributed by atoms with Gasteiger partial charge in [0, 0.05) is 23.5 Å². The quantitative estimate of drug-likeness (QED) is 0.781. The number of halogens is 1. The van der Waals surface area contributed by atoms with Gasteiger partial charge in [-0.1, -0.05) is 37.3 Å². The highest BCUT2D eigenvalue weighted by Gasteiger charge is 2.11. The molecule has 0 unspecified atom stereocenters. The largest absolute Gasteiger partial charge is 0.384 e. The minimum Gasteiger partial charge on any atom is -0.384 e. The van der Waals surface area contributed by atoms with Crippen molar-refractivity contribution >= 4 is 18.2 Å². The second-order valence-corrected chi connectivity index (χ2v) is 4.87. The van der Waals surface area contributed by atoms with Crippen LogP contribution in [0.5, 0.6) is 0 Å². The van der Waals surface area contributed by atoms with E-state index in [-0.39, 0.29) is 12.4 Å². The van der Waals surface area contributed by atoms with Crippen LogP contribution in [0.15, 0.2) is 60.9 Å². The van der Waals surface area contributed by atoms with Crippen molar-refractivity contribution in [3.05, 3.63) is 66.6 Å². The van der Waals surface area contributed by atoms with Crippen molar-refractivity contribution in [2.45, 2.75) is 13.3 Å². The summed E-state index contributed by atoms with van der Waals surface area (Å²) in [5, 5.41) is 0. The van der Waals surface area contributed by atoms with Gasteiger partial charge in [-0.05, 0) is 35.7 Å². The molecule has 0 radical (unpaired) electrons. The number of hydrogen-bond donors (Lipinski definition) is 1. The fourth-order valence-corrected chi connectivity index (χ4v) is 2.52. The molecule has 0 aliphatic rings. The van der Waals surface area contributed by atoms with Gasteiger partial charge in [0.25, 0.3) is 0 Å². The zero-order valence-corrected chi connectivity index (χ0v) is 13.2. The van der Waals surface area contributed by atoms with Gasteiger partial charge in [0.2, 0.25) is 0 Å². The van der Waals surface area contributed by atoms with Crippen molar-refractivity contribution in [3.63, 3.8) is 0 Å². The monoisotopic (exact) mass is 311 g/mol. The van der Waals surface area contributed by atoms with E-state index in [4.69, 9.17) is 5.73 Å². The number of benzene rings is 1. The van der Waals surface area contributed by atoms with Crippen molar-refractivity contribution in [3.8, 4) is 22.3 Å². The molecular formula is C18H18ClN3. The number of nitrogens with zero attached hydrogens (tertiary/aromatic N) is 2. The van der Waals surface area contributed by atoms with Gasteiger partial charge in [-0.15, -0.1) is 12.4 Å². The number of nitrogen functional groups attached to an aromatic ring is 1. The van der Waals surface area contributed by atoms with Gasteiger partial charge in [0.05, 0.1) is 5.69 Å². The second-order valence-electron chi connectivity index (χ2n) is 4.87. The Morgan fingerprint density at radius 1 is 0.909 bits per heavy atom. The first-order valence-electron chi connectivity index (χ1n) is 7.04. The fraction of sp³-hybridized carbons (Fsp3) is 0.111. The van der Waals surface area contributed by atoms with Crippen LogP contribution in [0.3, 0.4) is 0 Å². The first-order chi connectivity index (χ1) is 10.3. The zero-order chi connectivity index (χ0) is 14.7. The molecule has 3 nitrogen and oxygen atoms in total. The van der Waals surface area contributed by atoms with Crippen LogP contribution in [-0.2, 0) is 6.42 Å². The van der Waals surface area contributed by atoms with E-state index in [1.165, 1.54) is 0 Å². The molecule has 2 aromatic heterocycles. The Balaban J connectivity index is 0.00000176. The molecule has 0 saturated heterocycles. The highest BCUT2D eigenvalue weighted by Crippen LogP contribution is 2.33. The van der Waals surface area contributed by atoms with Gasteiger partial charge >= 0.3 is 0 Å². The van der Waals surface area contributed by atoms with Crippen molar-refractivity contribution in [1.29, 1.82) is 0 Å². The first kappa shape index (κ1) is 16.0. The number of hydrogen-bond acceptors (Lipinski definition) is 3. The molecule has 112 valence electrons. The maximum Gasteiger partial charge on any atom is 0.123 e. The molecule has 0 spiro atoms. The molecule has 2 N–H and O–H groups in total. The van der Waals surface area contributed by atoms with E-state index in [1.807, 2.05) is 30.5 Å². The first-order valence-corrected chi connectivity index (χ1v) is 7.04. The number of pyridine rings is 2. The third-order valence-corrected chi connectivity index (χ3v) is 3.52. The fourth-order valence-electron chi connectivity index (χ4n) is 2.52. The van der Waals surface area contributed by atoms with Crippen LogP contribution in [0.1, 0.15) is 12.6 Å². The minimum atomic E-state index is 0. The summed E-state index contributed by atoms with van der Waals surface area (Å²) < 4.78 is 0. The molecule has 0 bridgehead atoms. The summed E-state index contributed by atoms with van der Waals surface area (Å²) in [5.74, 6) is 0.564. The van der Waals surface area contributed by atoms with Gasteiger partial charge in [-0.2, -0.15) is 0 Å². The SMILES string of the molecule is CCc1nc(N)ccc1-c1ccccc1-c1cccnc1.Cl. The lowest BCUT2D eigenvalue weighted by Crippen LogP contribution is -1.98. The lowest BCUT2D eigenvalue weighted by Gasteiger charge is -2.13. The highest BCUT2D eigenvalue weighted by atomic mass is 35.5. The van der Waals surface area contributed by atoms with Crippen LogP contribution in [0.4, 0.5) is 5.82 Å². The lowest BCUT2D eigenvalue weighted by atomic mass is 9.94. The highest BCUT2D eigenvalue weighted by molar-refractivity contribution is 5.85. The van der Waals surface area contributed by atoms with Crippen molar-refractivity contribution < 1.29 is 0 Å². The second kappa shape index (κ2) is 7.05. The summed E-state index contributed by atoms with van der Waals surface area (Å²) in [6.07, 6.45) is 4.52. The Bertz CT molecular complexity index is 757. The van der Waals surface area contributed by atoms with Gasteiger partial charge in [-0.3, -0.25) is 4.98 Å². The molecule has 0 fully saturated rings. The van der Waals surface area contributed by atoms with Gasteiger partial charge in [-0.25, -0.2) is 4.98 Å². The molecule has 2 heterocycles. The van der Waals surface area contributed by atoms with Gasteiger partial charge < -0.3 is 5.73 Å². The summed E-state index contributed by atoms with van der Waals surface area (Å²) in [6, 6.07) is 16.3. The normalized spacial score (nSPS) is 10.0. The zero-order valence-electron chi connectivity index (χ0n) is 12.4. The lowest BCUT2D eigenvalue weighted by molar-refractivity contribution is 1.04.